The lowest BCUT2D eigenvalue weighted by atomic mass is 10.0. The number of aromatic nitrogens is 1. The highest BCUT2D eigenvalue weighted by Crippen LogP contribution is 2.21. The zero-order valence-electron chi connectivity index (χ0n) is 11.2. The summed E-state index contributed by atoms with van der Waals surface area (Å²) in [6.07, 6.45) is 3.43. The molecular weight excluding hydrogens is 272 g/mol. The predicted molar refractivity (Wildman–Crippen MR) is 79.6 cm³/mol. The molecule has 4 nitrogen and oxygen atoms in total. The second-order valence-corrected chi connectivity index (χ2v) is 5.95. The third-order valence-corrected chi connectivity index (χ3v) is 4.06. The van der Waals surface area contributed by atoms with E-state index in [0.29, 0.717) is 18.8 Å². The minimum Gasteiger partial charge on any atom is -0.466 e. The number of furan rings is 1. The number of fused-ring (bicyclic) bond motifs is 1. The van der Waals surface area contributed by atoms with Crippen molar-refractivity contribution in [2.75, 3.05) is 6.54 Å². The van der Waals surface area contributed by atoms with E-state index in [1.54, 1.807) is 36.7 Å². The van der Waals surface area contributed by atoms with E-state index in [4.69, 9.17) is 4.42 Å². The molecule has 0 bridgehead atoms. The lowest BCUT2D eigenvalue weighted by molar-refractivity contribution is 0.0340. The van der Waals surface area contributed by atoms with Crippen molar-refractivity contribution in [2.45, 2.75) is 19.1 Å². The molecule has 0 saturated heterocycles. The first-order valence-corrected chi connectivity index (χ1v) is 7.32. The number of rotatable bonds is 5. The summed E-state index contributed by atoms with van der Waals surface area (Å²) < 4.78 is 6.43. The highest BCUT2D eigenvalue weighted by Gasteiger charge is 2.25. The van der Waals surface area contributed by atoms with Gasteiger partial charge in [0.1, 0.15) is 11.4 Å². The van der Waals surface area contributed by atoms with Crippen LogP contribution in [0.4, 0.5) is 0 Å². The maximum absolute atomic E-state index is 10.3. The van der Waals surface area contributed by atoms with Crippen molar-refractivity contribution in [3.8, 4) is 0 Å². The fourth-order valence-electron chi connectivity index (χ4n) is 2.11. The minimum atomic E-state index is -1.01. The van der Waals surface area contributed by atoms with E-state index in [1.807, 2.05) is 17.6 Å². The quantitative estimate of drug-likeness (QED) is 0.758. The van der Waals surface area contributed by atoms with Crippen molar-refractivity contribution in [3.63, 3.8) is 0 Å². The monoisotopic (exact) mass is 288 g/mol. The average molecular weight is 288 g/mol. The number of pyridine rings is 1. The van der Waals surface area contributed by atoms with Gasteiger partial charge in [-0.25, -0.2) is 0 Å². The zero-order chi connectivity index (χ0) is 14.0. The second kappa shape index (κ2) is 5.36. The van der Waals surface area contributed by atoms with Gasteiger partial charge in [0.05, 0.1) is 16.5 Å². The van der Waals surface area contributed by atoms with Crippen LogP contribution in [0.3, 0.4) is 0 Å². The molecule has 3 aromatic rings. The Balaban J connectivity index is 1.62. The molecule has 0 radical (unpaired) electrons. The summed E-state index contributed by atoms with van der Waals surface area (Å²) in [4.78, 5) is 4.40. The van der Waals surface area contributed by atoms with Gasteiger partial charge in [0.15, 0.2) is 0 Å². The zero-order valence-corrected chi connectivity index (χ0v) is 12.0. The summed E-state index contributed by atoms with van der Waals surface area (Å²) in [6, 6.07) is 7.69. The predicted octanol–water partition coefficient (Wildman–Crippen LogP) is 2.89. The highest BCUT2D eigenvalue weighted by molar-refractivity contribution is 7.17. The van der Waals surface area contributed by atoms with Crippen molar-refractivity contribution < 1.29 is 9.52 Å². The number of aliphatic hydroxyl groups is 1. The van der Waals surface area contributed by atoms with Crippen LogP contribution in [0.15, 0.2) is 46.5 Å². The van der Waals surface area contributed by atoms with Gasteiger partial charge in [0.25, 0.3) is 0 Å². The van der Waals surface area contributed by atoms with Crippen LogP contribution in [0.25, 0.3) is 10.2 Å². The van der Waals surface area contributed by atoms with E-state index in [0.717, 1.165) is 11.1 Å². The molecule has 0 saturated carbocycles. The van der Waals surface area contributed by atoms with Gasteiger partial charge >= 0.3 is 0 Å². The first-order chi connectivity index (χ1) is 9.65. The van der Waals surface area contributed by atoms with Gasteiger partial charge in [-0.15, -0.1) is 11.3 Å². The molecule has 20 heavy (non-hydrogen) atoms. The van der Waals surface area contributed by atoms with Crippen molar-refractivity contribution in [1.82, 2.24) is 10.3 Å². The molecule has 0 aromatic carbocycles. The van der Waals surface area contributed by atoms with Gasteiger partial charge in [0.2, 0.25) is 0 Å². The van der Waals surface area contributed by atoms with Crippen LogP contribution >= 0.6 is 11.3 Å². The number of thiophene rings is 1. The van der Waals surface area contributed by atoms with Gasteiger partial charge < -0.3 is 14.8 Å². The lowest BCUT2D eigenvalue weighted by Gasteiger charge is -2.21. The topological polar surface area (TPSA) is 58.3 Å². The average Bonchev–Trinajstić information content (AvgIpc) is 3.09. The molecule has 0 aliphatic rings. The van der Waals surface area contributed by atoms with Crippen LogP contribution in [0.2, 0.25) is 0 Å². The van der Waals surface area contributed by atoms with Crippen LogP contribution in [0.1, 0.15) is 18.2 Å². The fraction of sp³-hybridized carbons (Fsp3) is 0.267. The minimum absolute atomic E-state index is 0.420. The summed E-state index contributed by atoms with van der Waals surface area (Å²) in [5, 5.41) is 15.6. The number of hydrogen-bond donors (Lipinski definition) is 2. The Labute approximate surface area is 121 Å². The molecule has 0 spiro atoms. The number of nitrogens with zero attached hydrogens (tertiary/aromatic N) is 1. The summed E-state index contributed by atoms with van der Waals surface area (Å²) in [7, 11) is 0. The SMILES string of the molecule is CC(O)(CNCc1cnc2ccsc2c1)c1ccco1. The van der Waals surface area contributed by atoms with Crippen LogP contribution in [0, 0.1) is 0 Å². The Morgan fingerprint density at radius 3 is 3.15 bits per heavy atom. The lowest BCUT2D eigenvalue weighted by Crippen LogP contribution is -2.34. The fourth-order valence-corrected chi connectivity index (χ4v) is 2.91. The van der Waals surface area contributed by atoms with Crippen molar-refractivity contribution in [3.05, 3.63) is 53.4 Å². The van der Waals surface area contributed by atoms with Gasteiger partial charge in [-0.05, 0) is 42.1 Å². The molecule has 1 atom stereocenters. The molecule has 0 amide bonds. The summed E-state index contributed by atoms with van der Waals surface area (Å²) in [5.41, 5.74) is 1.13. The van der Waals surface area contributed by atoms with Gasteiger partial charge in [-0.1, -0.05) is 0 Å². The van der Waals surface area contributed by atoms with E-state index < -0.39 is 5.60 Å². The van der Waals surface area contributed by atoms with Crippen molar-refractivity contribution >= 4 is 21.6 Å². The summed E-state index contributed by atoms with van der Waals surface area (Å²) in [5.74, 6) is 0.567. The molecule has 104 valence electrons. The van der Waals surface area contributed by atoms with E-state index >= 15 is 0 Å². The standard InChI is InChI=1S/C15H16N2O2S/c1-15(18,14-3-2-5-19-14)10-16-8-11-7-13-12(17-9-11)4-6-20-13/h2-7,9,16,18H,8,10H2,1H3. The van der Waals surface area contributed by atoms with E-state index in [9.17, 15) is 5.11 Å². The summed E-state index contributed by atoms with van der Waals surface area (Å²) in [6.45, 7) is 2.82. The Hall–Kier alpha value is -1.69. The second-order valence-electron chi connectivity index (χ2n) is 5.00. The van der Waals surface area contributed by atoms with E-state index in [1.165, 1.54) is 4.70 Å². The van der Waals surface area contributed by atoms with Crippen LogP contribution in [0.5, 0.6) is 0 Å². The molecular formula is C15H16N2O2S. The van der Waals surface area contributed by atoms with Crippen LogP contribution in [-0.4, -0.2) is 16.6 Å². The van der Waals surface area contributed by atoms with E-state index in [-0.39, 0.29) is 0 Å². The summed E-state index contributed by atoms with van der Waals surface area (Å²) >= 11 is 1.68. The maximum atomic E-state index is 10.3. The third-order valence-electron chi connectivity index (χ3n) is 3.21. The number of nitrogens with one attached hydrogen (secondary N) is 1. The van der Waals surface area contributed by atoms with Gasteiger partial charge in [-0.3, -0.25) is 4.98 Å². The Bertz CT molecular complexity index is 689. The molecule has 3 aromatic heterocycles. The maximum Gasteiger partial charge on any atom is 0.136 e. The Morgan fingerprint density at radius 1 is 1.45 bits per heavy atom. The molecule has 0 fully saturated rings. The van der Waals surface area contributed by atoms with Crippen molar-refractivity contribution in [1.29, 1.82) is 0 Å². The molecule has 5 heteroatoms. The Kier molecular flexibility index (Phi) is 3.56. The molecule has 3 rings (SSSR count). The third kappa shape index (κ3) is 2.75. The van der Waals surface area contributed by atoms with Crippen LogP contribution in [-0.2, 0) is 12.1 Å². The molecule has 0 aliphatic heterocycles. The van der Waals surface area contributed by atoms with Gasteiger partial charge in [-0.2, -0.15) is 0 Å². The molecule has 2 N–H and O–H groups in total. The van der Waals surface area contributed by atoms with Gasteiger partial charge in [0, 0.05) is 19.3 Å². The molecule has 3 heterocycles. The number of hydrogen-bond acceptors (Lipinski definition) is 5. The first-order valence-electron chi connectivity index (χ1n) is 6.44. The van der Waals surface area contributed by atoms with Crippen molar-refractivity contribution in [2.24, 2.45) is 0 Å². The smallest absolute Gasteiger partial charge is 0.136 e. The molecule has 1 unspecified atom stereocenters. The largest absolute Gasteiger partial charge is 0.466 e. The van der Waals surface area contributed by atoms with Crippen LogP contribution < -0.4 is 5.32 Å². The Morgan fingerprint density at radius 2 is 2.35 bits per heavy atom. The highest BCUT2D eigenvalue weighted by atomic mass is 32.1. The molecule has 0 aliphatic carbocycles. The van der Waals surface area contributed by atoms with E-state index in [2.05, 4.69) is 16.4 Å². The first kappa shape index (κ1) is 13.3. The normalized spacial score (nSPS) is 14.5.